The highest BCUT2D eigenvalue weighted by molar-refractivity contribution is 7.09. The number of carbonyl (C=O) groups is 1. The molecule has 0 radical (unpaired) electrons. The van der Waals surface area contributed by atoms with Crippen molar-refractivity contribution < 1.29 is 9.53 Å². The van der Waals surface area contributed by atoms with E-state index in [0.29, 0.717) is 18.0 Å². The fraction of sp³-hybridized carbons (Fsp3) is 0.100. The van der Waals surface area contributed by atoms with E-state index >= 15 is 0 Å². The van der Waals surface area contributed by atoms with E-state index in [4.69, 9.17) is 10.5 Å². The minimum absolute atomic E-state index is 0.301. The van der Waals surface area contributed by atoms with E-state index in [0.717, 1.165) is 4.88 Å². The third-order valence-electron chi connectivity index (χ3n) is 1.85. The van der Waals surface area contributed by atoms with Crippen molar-refractivity contribution in [3.8, 4) is 0 Å². The number of thiophene rings is 1. The molecule has 3 N–H and O–H groups in total. The van der Waals surface area contributed by atoms with Crippen LogP contribution in [0.1, 0.15) is 15.4 Å². The van der Waals surface area contributed by atoms with Gasteiger partial charge in [0, 0.05) is 11.1 Å². The van der Waals surface area contributed by atoms with Crippen LogP contribution in [0.5, 0.6) is 0 Å². The second-order valence-electron chi connectivity index (χ2n) is 3.00. The van der Waals surface area contributed by atoms with Crippen molar-refractivity contribution in [2.45, 2.75) is 6.61 Å². The van der Waals surface area contributed by atoms with Crippen molar-refractivity contribution in [1.29, 1.82) is 0 Å². The molecule has 4 nitrogen and oxygen atoms in total. The molecule has 2 rings (SSSR count). The number of carbonyl (C=O) groups excluding carboxylic acids is 1. The van der Waals surface area contributed by atoms with Crippen molar-refractivity contribution in [1.82, 2.24) is 4.98 Å². The first-order valence-corrected chi connectivity index (χ1v) is 5.27. The summed E-state index contributed by atoms with van der Waals surface area (Å²) in [5.41, 5.74) is 6.37. The standard InChI is InChI=1S/C10H10N2O2S/c11-7-4-9(12-5-7)10(13)14-6-8-2-1-3-15-8/h1-5,12H,6,11H2. The molecule has 0 amide bonds. The molecule has 0 aromatic carbocycles. The van der Waals surface area contributed by atoms with Gasteiger partial charge in [-0.1, -0.05) is 6.07 Å². The molecule has 0 atom stereocenters. The van der Waals surface area contributed by atoms with Gasteiger partial charge in [0.2, 0.25) is 0 Å². The molecule has 0 aliphatic heterocycles. The number of nitrogen functional groups attached to an aromatic ring is 1. The molecule has 78 valence electrons. The van der Waals surface area contributed by atoms with Gasteiger partial charge in [0.05, 0.1) is 5.69 Å². The Morgan fingerprint density at radius 1 is 1.60 bits per heavy atom. The van der Waals surface area contributed by atoms with Crippen molar-refractivity contribution in [2.24, 2.45) is 0 Å². The molecular formula is C10H10N2O2S. The van der Waals surface area contributed by atoms with E-state index < -0.39 is 0 Å². The quantitative estimate of drug-likeness (QED) is 0.780. The Hall–Kier alpha value is -1.75. The molecule has 0 unspecified atom stereocenters. The predicted molar refractivity (Wildman–Crippen MR) is 58.6 cm³/mol. The largest absolute Gasteiger partial charge is 0.455 e. The van der Waals surface area contributed by atoms with Gasteiger partial charge < -0.3 is 15.5 Å². The Labute approximate surface area is 90.7 Å². The number of esters is 1. The zero-order chi connectivity index (χ0) is 10.7. The average molecular weight is 222 g/mol. The van der Waals surface area contributed by atoms with E-state index in [-0.39, 0.29) is 5.97 Å². The maximum Gasteiger partial charge on any atom is 0.355 e. The van der Waals surface area contributed by atoms with E-state index in [9.17, 15) is 4.79 Å². The van der Waals surface area contributed by atoms with E-state index in [1.54, 1.807) is 23.6 Å². The molecule has 2 aromatic rings. The average Bonchev–Trinajstić information content (AvgIpc) is 2.84. The second kappa shape index (κ2) is 4.18. The van der Waals surface area contributed by atoms with Crippen LogP contribution in [0.25, 0.3) is 0 Å². The summed E-state index contributed by atoms with van der Waals surface area (Å²) >= 11 is 1.55. The Balaban J connectivity index is 1.93. The number of H-pyrrole nitrogens is 1. The van der Waals surface area contributed by atoms with Crippen molar-refractivity contribution in [2.75, 3.05) is 5.73 Å². The molecule has 0 aliphatic rings. The molecule has 0 aliphatic carbocycles. The number of aromatic nitrogens is 1. The van der Waals surface area contributed by atoms with Crippen LogP contribution < -0.4 is 5.73 Å². The van der Waals surface area contributed by atoms with E-state index in [1.807, 2.05) is 17.5 Å². The number of aromatic amines is 1. The Kier molecular flexibility index (Phi) is 2.73. The summed E-state index contributed by atoms with van der Waals surface area (Å²) < 4.78 is 5.07. The lowest BCUT2D eigenvalue weighted by Gasteiger charge is -2.00. The fourth-order valence-corrected chi connectivity index (χ4v) is 1.75. The fourth-order valence-electron chi connectivity index (χ4n) is 1.14. The highest BCUT2D eigenvalue weighted by atomic mass is 32.1. The molecular weight excluding hydrogens is 212 g/mol. The van der Waals surface area contributed by atoms with Crippen LogP contribution in [0.15, 0.2) is 29.8 Å². The third-order valence-corrected chi connectivity index (χ3v) is 2.70. The van der Waals surface area contributed by atoms with Gasteiger partial charge in [0.1, 0.15) is 12.3 Å². The predicted octanol–water partition coefficient (Wildman–Crippen LogP) is 2.02. The summed E-state index contributed by atoms with van der Waals surface area (Å²) in [5, 5.41) is 1.94. The smallest absolute Gasteiger partial charge is 0.355 e. The third kappa shape index (κ3) is 2.38. The van der Waals surface area contributed by atoms with Gasteiger partial charge in [-0.3, -0.25) is 0 Å². The normalized spacial score (nSPS) is 10.1. The van der Waals surface area contributed by atoms with E-state index in [2.05, 4.69) is 4.98 Å². The first-order chi connectivity index (χ1) is 7.25. The van der Waals surface area contributed by atoms with Crippen LogP contribution in [0.4, 0.5) is 5.69 Å². The first-order valence-electron chi connectivity index (χ1n) is 4.39. The van der Waals surface area contributed by atoms with Crippen LogP contribution in [-0.2, 0) is 11.3 Å². The number of hydrogen-bond acceptors (Lipinski definition) is 4. The van der Waals surface area contributed by atoms with Crippen LogP contribution >= 0.6 is 11.3 Å². The molecule has 2 aromatic heterocycles. The number of ether oxygens (including phenoxy) is 1. The molecule has 15 heavy (non-hydrogen) atoms. The van der Waals surface area contributed by atoms with Crippen LogP contribution in [0.2, 0.25) is 0 Å². The number of anilines is 1. The molecule has 2 heterocycles. The maximum absolute atomic E-state index is 11.4. The SMILES string of the molecule is Nc1c[nH]c(C(=O)OCc2cccs2)c1. The summed E-state index contributed by atoms with van der Waals surface area (Å²) in [6.45, 7) is 0.301. The minimum Gasteiger partial charge on any atom is -0.455 e. The van der Waals surface area contributed by atoms with Gasteiger partial charge in [0.25, 0.3) is 0 Å². The Morgan fingerprint density at radius 2 is 2.47 bits per heavy atom. The zero-order valence-electron chi connectivity index (χ0n) is 7.90. The van der Waals surface area contributed by atoms with Crippen molar-refractivity contribution >= 4 is 23.0 Å². The van der Waals surface area contributed by atoms with Gasteiger partial charge in [-0.15, -0.1) is 11.3 Å². The van der Waals surface area contributed by atoms with Gasteiger partial charge in [-0.25, -0.2) is 4.79 Å². The van der Waals surface area contributed by atoms with Crippen molar-refractivity contribution in [3.05, 3.63) is 40.3 Å². The summed E-state index contributed by atoms with van der Waals surface area (Å²) in [4.78, 5) is 15.2. The minimum atomic E-state index is -0.389. The lowest BCUT2D eigenvalue weighted by molar-refractivity contribution is 0.0470. The monoisotopic (exact) mass is 222 g/mol. The number of hydrogen-bond donors (Lipinski definition) is 2. The zero-order valence-corrected chi connectivity index (χ0v) is 8.71. The van der Waals surface area contributed by atoms with E-state index in [1.165, 1.54) is 0 Å². The van der Waals surface area contributed by atoms with Crippen molar-refractivity contribution in [3.63, 3.8) is 0 Å². The molecule has 5 heteroatoms. The summed E-state index contributed by atoms with van der Waals surface area (Å²) in [5.74, 6) is -0.389. The first kappa shape index (κ1) is 9.79. The van der Waals surface area contributed by atoms with Crippen LogP contribution in [0.3, 0.4) is 0 Å². The molecule has 0 bridgehead atoms. The molecule has 0 fully saturated rings. The van der Waals surface area contributed by atoms with Gasteiger partial charge in [0.15, 0.2) is 0 Å². The molecule has 0 saturated heterocycles. The van der Waals surface area contributed by atoms with Crippen LogP contribution in [0, 0.1) is 0 Å². The van der Waals surface area contributed by atoms with Gasteiger partial charge in [-0.05, 0) is 17.5 Å². The van der Waals surface area contributed by atoms with Gasteiger partial charge >= 0.3 is 5.97 Å². The number of nitrogens with two attached hydrogens (primary N) is 1. The van der Waals surface area contributed by atoms with Gasteiger partial charge in [-0.2, -0.15) is 0 Å². The second-order valence-corrected chi connectivity index (χ2v) is 4.03. The number of nitrogens with one attached hydrogen (secondary N) is 1. The summed E-state index contributed by atoms with van der Waals surface area (Å²) in [6, 6.07) is 5.39. The molecule has 0 saturated carbocycles. The highest BCUT2D eigenvalue weighted by Crippen LogP contribution is 2.12. The summed E-state index contributed by atoms with van der Waals surface area (Å²) in [6.07, 6.45) is 1.56. The Bertz CT molecular complexity index is 448. The topological polar surface area (TPSA) is 68.1 Å². The van der Waals surface area contributed by atoms with Crippen LogP contribution in [-0.4, -0.2) is 11.0 Å². The summed E-state index contributed by atoms with van der Waals surface area (Å²) in [7, 11) is 0. The molecule has 0 spiro atoms. The highest BCUT2D eigenvalue weighted by Gasteiger charge is 2.09. The lowest BCUT2D eigenvalue weighted by atomic mass is 10.4. The number of rotatable bonds is 3. The lowest BCUT2D eigenvalue weighted by Crippen LogP contribution is -2.04. The maximum atomic E-state index is 11.4. The Morgan fingerprint density at radius 3 is 3.07 bits per heavy atom.